The average molecular weight is 491 g/mol. The first-order valence-electron chi connectivity index (χ1n) is 11.2. The highest BCUT2D eigenvalue weighted by atomic mass is 32.2. The molecule has 0 saturated carbocycles. The van der Waals surface area contributed by atoms with Gasteiger partial charge >= 0.3 is 6.09 Å². The second-order valence-corrected chi connectivity index (χ2v) is 11.7. The van der Waals surface area contributed by atoms with E-state index in [9.17, 15) is 22.4 Å². The van der Waals surface area contributed by atoms with Crippen LogP contribution in [0.25, 0.3) is 0 Å². The number of likely N-dealkylation sites (tertiary alicyclic amines) is 1. The maximum absolute atomic E-state index is 13.5. The highest BCUT2D eigenvalue weighted by Crippen LogP contribution is 2.24. The highest BCUT2D eigenvalue weighted by Gasteiger charge is 2.31. The van der Waals surface area contributed by atoms with E-state index in [0.29, 0.717) is 37.2 Å². The van der Waals surface area contributed by atoms with Crippen LogP contribution in [0.2, 0.25) is 0 Å². The number of halogens is 1. The fraction of sp³-hybridized carbons (Fsp3) is 0.440. The van der Waals surface area contributed by atoms with Gasteiger partial charge in [0.2, 0.25) is 0 Å². The molecule has 2 aromatic carbocycles. The van der Waals surface area contributed by atoms with Crippen molar-refractivity contribution in [2.75, 3.05) is 24.2 Å². The molecule has 1 unspecified atom stereocenters. The molecule has 3 rings (SSSR count). The summed E-state index contributed by atoms with van der Waals surface area (Å²) in [5.74, 6) is -1.23. The average Bonchev–Trinajstić information content (AvgIpc) is 2.75. The molecule has 2 amide bonds. The molecule has 0 spiro atoms. The number of ether oxygens (including phenoxy) is 1. The van der Waals surface area contributed by atoms with Gasteiger partial charge in [-0.05, 0) is 88.4 Å². The van der Waals surface area contributed by atoms with Crippen molar-refractivity contribution < 1.29 is 27.1 Å². The van der Waals surface area contributed by atoms with Gasteiger partial charge in [0.25, 0.3) is 5.91 Å². The van der Waals surface area contributed by atoms with Crippen LogP contribution in [-0.2, 0) is 14.6 Å². The molecule has 0 bridgehead atoms. The van der Waals surface area contributed by atoms with Crippen molar-refractivity contribution in [2.45, 2.75) is 51.0 Å². The number of amides is 2. The number of sulfone groups is 1. The summed E-state index contributed by atoms with van der Waals surface area (Å²) < 4.78 is 45.1. The van der Waals surface area contributed by atoms with E-state index >= 15 is 0 Å². The lowest BCUT2D eigenvalue weighted by atomic mass is 10.0. The number of carbonyl (C=O) groups is 2. The van der Waals surface area contributed by atoms with Crippen molar-refractivity contribution in [1.29, 1.82) is 0 Å². The summed E-state index contributed by atoms with van der Waals surface area (Å²) in [6, 6.07) is 10.1. The largest absolute Gasteiger partial charge is 0.444 e. The first kappa shape index (κ1) is 25.7. The molecule has 2 aromatic rings. The Morgan fingerprint density at radius 1 is 1.18 bits per heavy atom. The SMILES string of the molecule is Cc1cc(NC(=O)c2cccc(S(=O)(=O)CC3CCCN(C(=O)OC(C)(C)C)C3)c2)ccc1F. The minimum absolute atomic E-state index is 0.0461. The van der Waals surface area contributed by atoms with Gasteiger partial charge in [-0.15, -0.1) is 0 Å². The monoisotopic (exact) mass is 490 g/mol. The van der Waals surface area contributed by atoms with Gasteiger partial charge in [0.15, 0.2) is 9.84 Å². The van der Waals surface area contributed by atoms with Crippen molar-refractivity contribution in [3.63, 3.8) is 0 Å². The second kappa shape index (κ2) is 10.1. The Labute approximate surface area is 200 Å². The van der Waals surface area contributed by atoms with Gasteiger partial charge in [-0.3, -0.25) is 4.79 Å². The second-order valence-electron chi connectivity index (χ2n) is 9.66. The molecule has 184 valence electrons. The molecule has 34 heavy (non-hydrogen) atoms. The van der Waals surface area contributed by atoms with Crippen molar-refractivity contribution in [2.24, 2.45) is 5.92 Å². The van der Waals surface area contributed by atoms with Crippen molar-refractivity contribution in [3.8, 4) is 0 Å². The fourth-order valence-electron chi connectivity index (χ4n) is 3.86. The number of nitrogens with zero attached hydrogens (tertiary/aromatic N) is 1. The first-order valence-corrected chi connectivity index (χ1v) is 12.9. The van der Waals surface area contributed by atoms with E-state index in [1.807, 2.05) is 0 Å². The maximum atomic E-state index is 13.5. The lowest BCUT2D eigenvalue weighted by Gasteiger charge is -2.34. The molecular weight excluding hydrogens is 459 g/mol. The van der Waals surface area contributed by atoms with E-state index in [1.165, 1.54) is 42.5 Å². The lowest BCUT2D eigenvalue weighted by molar-refractivity contribution is 0.0176. The molecule has 1 atom stereocenters. The van der Waals surface area contributed by atoms with Crippen LogP contribution in [0.3, 0.4) is 0 Å². The summed E-state index contributed by atoms with van der Waals surface area (Å²) in [7, 11) is -3.69. The third-order valence-electron chi connectivity index (χ3n) is 5.50. The van der Waals surface area contributed by atoms with Crippen LogP contribution < -0.4 is 5.32 Å². The Morgan fingerprint density at radius 2 is 1.91 bits per heavy atom. The molecule has 1 N–H and O–H groups in total. The van der Waals surface area contributed by atoms with Gasteiger partial charge in [-0.2, -0.15) is 0 Å². The summed E-state index contributed by atoms with van der Waals surface area (Å²) in [6.07, 6.45) is 0.936. The van der Waals surface area contributed by atoms with Crippen LogP contribution in [0.5, 0.6) is 0 Å². The van der Waals surface area contributed by atoms with E-state index in [0.717, 1.165) is 0 Å². The van der Waals surface area contributed by atoms with Crippen LogP contribution in [0.4, 0.5) is 14.9 Å². The number of rotatable bonds is 5. The van der Waals surface area contributed by atoms with Gasteiger partial charge in [0.05, 0.1) is 10.6 Å². The summed E-state index contributed by atoms with van der Waals surface area (Å²) in [4.78, 5) is 26.7. The van der Waals surface area contributed by atoms with Gasteiger partial charge in [-0.1, -0.05) is 6.07 Å². The van der Waals surface area contributed by atoms with Gasteiger partial charge < -0.3 is 15.0 Å². The Kier molecular flexibility index (Phi) is 7.65. The first-order chi connectivity index (χ1) is 15.8. The molecule has 0 aliphatic carbocycles. The summed E-state index contributed by atoms with van der Waals surface area (Å²) >= 11 is 0. The molecule has 1 heterocycles. The number of aryl methyl sites for hydroxylation is 1. The van der Waals surface area contributed by atoms with E-state index in [4.69, 9.17) is 4.74 Å². The highest BCUT2D eigenvalue weighted by molar-refractivity contribution is 7.91. The van der Waals surface area contributed by atoms with Gasteiger partial charge in [0.1, 0.15) is 11.4 Å². The van der Waals surface area contributed by atoms with Crippen LogP contribution in [0.15, 0.2) is 47.4 Å². The standard InChI is InChI=1S/C25H31FN2O5S/c1-17-13-20(10-11-22(17)26)27-23(29)19-8-5-9-21(14-19)34(31,32)16-18-7-6-12-28(15-18)24(30)33-25(2,3)4/h5,8-11,13-14,18H,6-7,12,15-16H2,1-4H3,(H,27,29). The van der Waals surface area contributed by atoms with Crippen LogP contribution in [0, 0.1) is 18.7 Å². The smallest absolute Gasteiger partial charge is 0.410 e. The topological polar surface area (TPSA) is 92.8 Å². The third-order valence-corrected chi connectivity index (χ3v) is 7.38. The normalized spacial score (nSPS) is 16.7. The quantitative estimate of drug-likeness (QED) is 0.650. The molecular formula is C25H31FN2O5S. The summed E-state index contributed by atoms with van der Waals surface area (Å²) in [6.45, 7) is 7.79. The zero-order valence-corrected chi connectivity index (χ0v) is 20.7. The van der Waals surface area contributed by atoms with Crippen LogP contribution in [0.1, 0.15) is 49.5 Å². The molecule has 0 aromatic heterocycles. The Morgan fingerprint density at radius 3 is 2.59 bits per heavy atom. The minimum atomic E-state index is -3.69. The predicted molar refractivity (Wildman–Crippen MR) is 128 cm³/mol. The van der Waals surface area contributed by atoms with Crippen molar-refractivity contribution >= 4 is 27.5 Å². The Balaban J connectivity index is 1.69. The van der Waals surface area contributed by atoms with Gasteiger partial charge in [-0.25, -0.2) is 17.6 Å². The zero-order chi connectivity index (χ0) is 25.1. The number of hydrogen-bond donors (Lipinski definition) is 1. The van der Waals surface area contributed by atoms with Gasteiger partial charge in [0, 0.05) is 24.3 Å². The third kappa shape index (κ3) is 6.79. The molecule has 7 nitrogen and oxygen atoms in total. The lowest BCUT2D eigenvalue weighted by Crippen LogP contribution is -2.44. The minimum Gasteiger partial charge on any atom is -0.444 e. The van der Waals surface area contributed by atoms with Crippen LogP contribution >= 0.6 is 0 Å². The number of benzene rings is 2. The Hall–Kier alpha value is -2.94. The summed E-state index contributed by atoms with van der Waals surface area (Å²) in [5.41, 5.74) is 0.370. The molecule has 1 saturated heterocycles. The number of piperidine rings is 1. The molecule has 1 aliphatic rings. The number of hydrogen-bond acceptors (Lipinski definition) is 5. The molecule has 1 fully saturated rings. The molecule has 0 radical (unpaired) electrons. The number of nitrogens with one attached hydrogen (secondary N) is 1. The fourth-order valence-corrected chi connectivity index (χ4v) is 5.53. The van der Waals surface area contributed by atoms with E-state index in [2.05, 4.69) is 5.32 Å². The van der Waals surface area contributed by atoms with Crippen LogP contribution in [-0.4, -0.2) is 49.8 Å². The molecule has 1 aliphatic heterocycles. The van der Waals surface area contributed by atoms with E-state index < -0.39 is 27.4 Å². The number of anilines is 1. The zero-order valence-electron chi connectivity index (χ0n) is 19.9. The number of carbonyl (C=O) groups excluding carboxylic acids is 2. The Bertz CT molecular complexity index is 1170. The van der Waals surface area contributed by atoms with E-state index in [-0.39, 0.29) is 27.9 Å². The van der Waals surface area contributed by atoms with Crippen molar-refractivity contribution in [3.05, 3.63) is 59.4 Å². The maximum Gasteiger partial charge on any atom is 0.410 e. The summed E-state index contributed by atoms with van der Waals surface area (Å²) in [5, 5.41) is 2.66. The van der Waals surface area contributed by atoms with E-state index in [1.54, 1.807) is 32.6 Å². The predicted octanol–water partition coefficient (Wildman–Crippen LogP) is 4.81. The molecule has 9 heteroatoms. The van der Waals surface area contributed by atoms with Crippen molar-refractivity contribution in [1.82, 2.24) is 4.90 Å².